The average molecular weight is 322 g/mol. The van der Waals surface area contributed by atoms with Crippen molar-refractivity contribution in [3.8, 4) is 22.9 Å². The summed E-state index contributed by atoms with van der Waals surface area (Å²) in [5, 5.41) is 0.563. The van der Waals surface area contributed by atoms with Crippen molar-refractivity contribution < 1.29 is 9.47 Å². The zero-order chi connectivity index (χ0) is 17.1. The Balaban J connectivity index is 2.24. The molecule has 0 aliphatic rings. The van der Waals surface area contributed by atoms with Crippen LogP contribution < -0.4 is 15.0 Å². The first-order valence-corrected chi connectivity index (χ1v) is 7.53. The van der Waals surface area contributed by atoms with E-state index in [2.05, 4.69) is 16.5 Å². The normalized spacial score (nSPS) is 10.6. The van der Waals surface area contributed by atoms with Gasteiger partial charge in [-0.15, -0.1) is 6.58 Å². The number of H-pyrrole nitrogens is 1. The molecule has 0 aliphatic heterocycles. The summed E-state index contributed by atoms with van der Waals surface area (Å²) in [6.07, 6.45) is 2.41. The zero-order valence-corrected chi connectivity index (χ0v) is 13.6. The molecule has 122 valence electrons. The van der Waals surface area contributed by atoms with Crippen LogP contribution in [0, 0.1) is 0 Å². The van der Waals surface area contributed by atoms with E-state index >= 15 is 0 Å². The molecule has 0 aliphatic carbocycles. The molecule has 0 amide bonds. The van der Waals surface area contributed by atoms with Gasteiger partial charge in [-0.2, -0.15) is 0 Å². The van der Waals surface area contributed by atoms with Crippen LogP contribution in [0.15, 0.2) is 53.8 Å². The second-order valence-corrected chi connectivity index (χ2v) is 5.30. The van der Waals surface area contributed by atoms with Gasteiger partial charge in [-0.3, -0.25) is 4.79 Å². The molecule has 1 heterocycles. The van der Waals surface area contributed by atoms with Crippen LogP contribution in [0.1, 0.15) is 5.56 Å². The van der Waals surface area contributed by atoms with Crippen molar-refractivity contribution in [1.82, 2.24) is 9.97 Å². The molecule has 0 unspecified atom stereocenters. The first-order valence-electron chi connectivity index (χ1n) is 7.53. The Labute approximate surface area is 139 Å². The van der Waals surface area contributed by atoms with Crippen molar-refractivity contribution in [1.29, 1.82) is 0 Å². The van der Waals surface area contributed by atoms with E-state index in [0.717, 1.165) is 11.1 Å². The van der Waals surface area contributed by atoms with E-state index < -0.39 is 0 Å². The molecule has 3 rings (SSSR count). The lowest BCUT2D eigenvalue weighted by atomic mass is 10.0. The number of ether oxygens (including phenoxy) is 2. The predicted molar refractivity (Wildman–Crippen MR) is 94.8 cm³/mol. The Bertz CT molecular complexity index is 960. The number of hydrogen-bond acceptors (Lipinski definition) is 4. The summed E-state index contributed by atoms with van der Waals surface area (Å²) in [5.74, 6) is 1.73. The molecule has 1 aromatic heterocycles. The number of aromatic nitrogens is 2. The number of fused-ring (bicyclic) bond motifs is 1. The van der Waals surface area contributed by atoms with Gasteiger partial charge in [0.1, 0.15) is 5.82 Å². The number of benzene rings is 2. The Kier molecular flexibility index (Phi) is 4.33. The first kappa shape index (κ1) is 15.8. The van der Waals surface area contributed by atoms with Gasteiger partial charge in [0, 0.05) is 11.1 Å². The second kappa shape index (κ2) is 6.58. The zero-order valence-electron chi connectivity index (χ0n) is 13.6. The predicted octanol–water partition coefficient (Wildman–Crippen LogP) is 3.34. The number of rotatable bonds is 5. The molecule has 5 nitrogen and oxygen atoms in total. The fourth-order valence-electron chi connectivity index (χ4n) is 2.71. The van der Waals surface area contributed by atoms with Gasteiger partial charge in [-0.25, -0.2) is 4.98 Å². The Morgan fingerprint density at radius 3 is 2.71 bits per heavy atom. The fourth-order valence-corrected chi connectivity index (χ4v) is 2.71. The topological polar surface area (TPSA) is 64.2 Å². The van der Waals surface area contributed by atoms with Gasteiger partial charge in [-0.05, 0) is 30.7 Å². The molecular weight excluding hydrogens is 304 g/mol. The minimum Gasteiger partial charge on any atom is -0.493 e. The van der Waals surface area contributed by atoms with Gasteiger partial charge in [-0.1, -0.05) is 18.2 Å². The molecule has 0 saturated carbocycles. The molecule has 0 saturated heterocycles. The van der Waals surface area contributed by atoms with Crippen LogP contribution >= 0.6 is 0 Å². The average Bonchev–Trinajstić information content (AvgIpc) is 2.61. The largest absolute Gasteiger partial charge is 0.493 e. The van der Waals surface area contributed by atoms with Gasteiger partial charge >= 0.3 is 0 Å². The van der Waals surface area contributed by atoms with E-state index in [1.165, 1.54) is 0 Å². The van der Waals surface area contributed by atoms with Crippen LogP contribution in [0.2, 0.25) is 0 Å². The summed E-state index contributed by atoms with van der Waals surface area (Å²) in [4.78, 5) is 19.7. The fraction of sp³-hybridized carbons (Fsp3) is 0.158. The number of aromatic amines is 1. The molecule has 0 bridgehead atoms. The lowest BCUT2D eigenvalue weighted by Gasteiger charge is -2.14. The summed E-state index contributed by atoms with van der Waals surface area (Å²) in [7, 11) is 3.18. The van der Waals surface area contributed by atoms with Crippen molar-refractivity contribution in [2.75, 3.05) is 14.2 Å². The third-order valence-electron chi connectivity index (χ3n) is 3.81. The third kappa shape index (κ3) is 2.76. The third-order valence-corrected chi connectivity index (χ3v) is 3.81. The highest BCUT2D eigenvalue weighted by molar-refractivity contribution is 5.79. The standard InChI is InChI=1S/C19H18N2O3/c1-4-7-12-10-13(11-16(23-2)17(12)24-3)18-20-15-9-6-5-8-14(15)19(22)21-18/h4-6,8-11H,1,7H2,2-3H3,(H,20,21,22). The molecule has 1 N–H and O–H groups in total. The van der Waals surface area contributed by atoms with Crippen molar-refractivity contribution in [3.63, 3.8) is 0 Å². The molecule has 24 heavy (non-hydrogen) atoms. The van der Waals surface area contributed by atoms with Crippen molar-refractivity contribution in [2.45, 2.75) is 6.42 Å². The van der Waals surface area contributed by atoms with Gasteiger partial charge < -0.3 is 14.5 Å². The van der Waals surface area contributed by atoms with Crippen LogP contribution in [0.3, 0.4) is 0 Å². The number of allylic oxidation sites excluding steroid dienone is 1. The van der Waals surface area contributed by atoms with Crippen LogP contribution in [-0.2, 0) is 6.42 Å². The van der Waals surface area contributed by atoms with Crippen LogP contribution in [0.5, 0.6) is 11.5 Å². The van der Waals surface area contributed by atoms with Gasteiger partial charge in [0.25, 0.3) is 5.56 Å². The van der Waals surface area contributed by atoms with E-state index in [9.17, 15) is 4.79 Å². The van der Waals surface area contributed by atoms with Gasteiger partial charge in [0.15, 0.2) is 11.5 Å². The van der Waals surface area contributed by atoms with Gasteiger partial charge in [0.05, 0.1) is 25.1 Å². The SMILES string of the molecule is C=CCc1cc(-c2nc3ccccc3c(=O)[nH]2)cc(OC)c1OC. The van der Waals surface area contributed by atoms with E-state index in [1.54, 1.807) is 32.4 Å². The molecule has 0 radical (unpaired) electrons. The number of methoxy groups -OCH3 is 2. The molecule has 5 heteroatoms. The Morgan fingerprint density at radius 2 is 2.00 bits per heavy atom. The number of para-hydroxylation sites is 1. The minimum absolute atomic E-state index is 0.171. The van der Waals surface area contributed by atoms with Crippen LogP contribution in [-0.4, -0.2) is 24.2 Å². The molecule has 3 aromatic rings. The molecular formula is C19H18N2O3. The first-order chi connectivity index (χ1) is 11.7. The number of nitrogens with one attached hydrogen (secondary N) is 1. The van der Waals surface area contributed by atoms with Crippen molar-refractivity contribution in [3.05, 3.63) is 65.0 Å². The van der Waals surface area contributed by atoms with E-state index in [4.69, 9.17) is 9.47 Å². The van der Waals surface area contributed by atoms with E-state index in [-0.39, 0.29) is 5.56 Å². The summed E-state index contributed by atoms with van der Waals surface area (Å²) in [6.45, 7) is 3.77. The lowest BCUT2D eigenvalue weighted by Crippen LogP contribution is -2.09. The van der Waals surface area contributed by atoms with Gasteiger partial charge in [0.2, 0.25) is 0 Å². The van der Waals surface area contributed by atoms with Crippen molar-refractivity contribution >= 4 is 10.9 Å². The Hall–Kier alpha value is -3.08. The van der Waals surface area contributed by atoms with E-state index in [1.807, 2.05) is 24.3 Å². The maximum atomic E-state index is 12.3. The maximum absolute atomic E-state index is 12.3. The monoisotopic (exact) mass is 322 g/mol. The van der Waals surface area contributed by atoms with Crippen LogP contribution in [0.25, 0.3) is 22.3 Å². The molecule has 0 atom stereocenters. The highest BCUT2D eigenvalue weighted by atomic mass is 16.5. The second-order valence-electron chi connectivity index (χ2n) is 5.30. The van der Waals surface area contributed by atoms with Crippen LogP contribution in [0.4, 0.5) is 0 Å². The molecule has 2 aromatic carbocycles. The maximum Gasteiger partial charge on any atom is 0.259 e. The number of nitrogens with zero attached hydrogens (tertiary/aromatic N) is 1. The van der Waals surface area contributed by atoms with Crippen molar-refractivity contribution in [2.24, 2.45) is 0 Å². The summed E-state index contributed by atoms with van der Waals surface area (Å²) >= 11 is 0. The Morgan fingerprint density at radius 1 is 1.21 bits per heavy atom. The quantitative estimate of drug-likeness (QED) is 0.732. The summed E-state index contributed by atoms with van der Waals surface area (Å²) in [5.41, 5.74) is 2.15. The minimum atomic E-state index is -0.171. The number of hydrogen-bond donors (Lipinski definition) is 1. The molecule has 0 fully saturated rings. The summed E-state index contributed by atoms with van der Waals surface area (Å²) < 4.78 is 10.9. The summed E-state index contributed by atoms with van der Waals surface area (Å²) in [6, 6.07) is 11.0. The lowest BCUT2D eigenvalue weighted by molar-refractivity contribution is 0.352. The highest BCUT2D eigenvalue weighted by Gasteiger charge is 2.14. The molecule has 0 spiro atoms. The van der Waals surface area contributed by atoms with E-state index in [0.29, 0.717) is 34.6 Å². The highest BCUT2D eigenvalue weighted by Crippen LogP contribution is 2.35. The smallest absolute Gasteiger partial charge is 0.259 e.